The van der Waals surface area contributed by atoms with E-state index in [4.69, 9.17) is 0 Å². The highest BCUT2D eigenvalue weighted by molar-refractivity contribution is 7.91. The van der Waals surface area contributed by atoms with Crippen molar-refractivity contribution in [1.29, 1.82) is 0 Å². The van der Waals surface area contributed by atoms with E-state index in [1.54, 1.807) is 17.8 Å². The summed E-state index contributed by atoms with van der Waals surface area (Å²) in [6.07, 6.45) is 9.29. The minimum absolute atomic E-state index is 0.0811. The van der Waals surface area contributed by atoms with E-state index in [1.807, 2.05) is 12.1 Å². The average molecular weight is 429 g/mol. The third-order valence-corrected chi connectivity index (χ3v) is 7.42. The van der Waals surface area contributed by atoms with Crippen LogP contribution in [-0.4, -0.2) is 62.1 Å². The van der Waals surface area contributed by atoms with Crippen LogP contribution < -0.4 is 16.2 Å². The van der Waals surface area contributed by atoms with E-state index >= 15 is 0 Å². The van der Waals surface area contributed by atoms with Gasteiger partial charge in [0.05, 0.1) is 23.1 Å². The van der Waals surface area contributed by atoms with E-state index in [2.05, 4.69) is 21.7 Å². The quantitative estimate of drug-likeness (QED) is 0.735. The fourth-order valence-electron chi connectivity index (χ4n) is 5.24. The van der Waals surface area contributed by atoms with Gasteiger partial charge in [-0.25, -0.2) is 8.42 Å². The number of fused-ring (bicyclic) bond motifs is 2. The molecule has 2 unspecified atom stereocenters. The Morgan fingerprint density at radius 2 is 2.07 bits per heavy atom. The Bertz CT molecular complexity index is 1150. The van der Waals surface area contributed by atoms with Gasteiger partial charge in [0.2, 0.25) is 0 Å². The van der Waals surface area contributed by atoms with Crippen molar-refractivity contribution in [1.82, 2.24) is 20.1 Å². The second kappa shape index (κ2) is 7.13. The Morgan fingerprint density at radius 3 is 2.80 bits per heavy atom. The Labute approximate surface area is 177 Å². The predicted molar refractivity (Wildman–Crippen MR) is 118 cm³/mol. The third kappa shape index (κ3) is 3.32. The molecule has 5 rings (SSSR count). The van der Waals surface area contributed by atoms with E-state index in [0.717, 1.165) is 55.0 Å². The first-order valence-corrected chi connectivity index (χ1v) is 12.6. The van der Waals surface area contributed by atoms with Crippen LogP contribution in [0.1, 0.15) is 24.0 Å². The number of rotatable bonds is 4. The Kier molecular flexibility index (Phi) is 4.67. The number of aromatic nitrogens is 1. The molecular weight excluding hydrogens is 400 g/mol. The van der Waals surface area contributed by atoms with Gasteiger partial charge in [0, 0.05) is 44.4 Å². The molecule has 4 heterocycles. The molecule has 0 bridgehead atoms. The highest BCUT2D eigenvalue weighted by Crippen LogP contribution is 2.42. The lowest BCUT2D eigenvalue weighted by Crippen LogP contribution is -2.40. The molecule has 3 aliphatic heterocycles. The summed E-state index contributed by atoms with van der Waals surface area (Å²) in [7, 11) is -1.51. The summed E-state index contributed by atoms with van der Waals surface area (Å²) in [5, 5.41) is 6.93. The molecule has 1 aromatic heterocycles. The van der Waals surface area contributed by atoms with Gasteiger partial charge in [-0.3, -0.25) is 4.79 Å². The monoisotopic (exact) mass is 428 g/mol. The van der Waals surface area contributed by atoms with Crippen LogP contribution in [-0.2, 0) is 16.9 Å². The van der Waals surface area contributed by atoms with Crippen molar-refractivity contribution in [2.45, 2.75) is 18.9 Å². The smallest absolute Gasteiger partial charge is 0.260 e. The second-order valence-electron chi connectivity index (χ2n) is 8.92. The lowest BCUT2D eigenvalue weighted by molar-refractivity contribution is 0.268. The SMILES string of the molecule is Cn1ccc2c(c1=O)C1=C3C(=CN(CC4CCNC4)C3CCN1)C=C2CS(C)(=O)=O. The average Bonchev–Trinajstić information content (AvgIpc) is 3.28. The first kappa shape index (κ1) is 19.6. The van der Waals surface area contributed by atoms with Crippen LogP contribution in [0, 0.1) is 5.92 Å². The molecule has 0 amide bonds. The molecule has 4 aliphatic rings. The highest BCUT2D eigenvalue weighted by atomic mass is 32.2. The van der Waals surface area contributed by atoms with Crippen molar-refractivity contribution >= 4 is 21.1 Å². The van der Waals surface area contributed by atoms with Crippen LogP contribution in [0.4, 0.5) is 0 Å². The molecule has 30 heavy (non-hydrogen) atoms. The van der Waals surface area contributed by atoms with Gasteiger partial charge >= 0.3 is 0 Å². The molecule has 0 saturated carbocycles. The molecule has 2 N–H and O–H groups in total. The maximum absolute atomic E-state index is 13.2. The van der Waals surface area contributed by atoms with Gasteiger partial charge in [-0.05, 0) is 60.7 Å². The molecule has 160 valence electrons. The second-order valence-corrected chi connectivity index (χ2v) is 11.1. The molecule has 0 radical (unpaired) electrons. The Hall–Kier alpha value is -2.32. The van der Waals surface area contributed by atoms with E-state index in [-0.39, 0.29) is 17.4 Å². The van der Waals surface area contributed by atoms with Crippen LogP contribution in [0.25, 0.3) is 11.3 Å². The van der Waals surface area contributed by atoms with Gasteiger partial charge in [0.25, 0.3) is 5.56 Å². The summed E-state index contributed by atoms with van der Waals surface area (Å²) in [6.45, 7) is 3.88. The number of nitrogens with zero attached hydrogens (tertiary/aromatic N) is 2. The van der Waals surface area contributed by atoms with Crippen molar-refractivity contribution < 1.29 is 8.42 Å². The number of sulfone groups is 1. The van der Waals surface area contributed by atoms with E-state index in [9.17, 15) is 13.2 Å². The summed E-state index contributed by atoms with van der Waals surface area (Å²) in [6, 6.07) is 2.10. The summed E-state index contributed by atoms with van der Waals surface area (Å²) >= 11 is 0. The van der Waals surface area contributed by atoms with Crippen LogP contribution in [0.3, 0.4) is 0 Å². The topological polar surface area (TPSA) is 83.4 Å². The third-order valence-electron chi connectivity index (χ3n) is 6.58. The largest absolute Gasteiger partial charge is 0.384 e. The first-order chi connectivity index (χ1) is 14.3. The molecule has 0 aromatic carbocycles. The number of nitrogens with one attached hydrogen (secondary N) is 2. The van der Waals surface area contributed by atoms with Crippen LogP contribution in [0.5, 0.6) is 0 Å². The summed E-state index contributed by atoms with van der Waals surface area (Å²) in [5.41, 5.74) is 4.97. The lowest BCUT2D eigenvalue weighted by atomic mass is 9.92. The fraction of sp³-hybridized carbons (Fsp3) is 0.500. The van der Waals surface area contributed by atoms with Gasteiger partial charge in [0.1, 0.15) is 0 Å². The maximum Gasteiger partial charge on any atom is 0.260 e. The van der Waals surface area contributed by atoms with Gasteiger partial charge < -0.3 is 20.1 Å². The predicted octanol–water partition coefficient (Wildman–Crippen LogP) is 0.709. The van der Waals surface area contributed by atoms with E-state index in [1.165, 1.54) is 12.7 Å². The standard InChI is InChI=1S/C22H28N4O3S/c1-25-8-5-17-16(13-30(2,28)29)9-15-12-26(11-14-3-6-23-10-14)18-4-7-24-21(19(15)18)20(17)22(25)27/h5,8-9,12,14,18,23-24H,3-4,6-7,10-11,13H2,1-2H3. The summed E-state index contributed by atoms with van der Waals surface area (Å²) in [5.74, 6) is 0.533. The first-order valence-electron chi connectivity index (χ1n) is 10.6. The van der Waals surface area contributed by atoms with E-state index < -0.39 is 9.84 Å². The number of hydrogen-bond donors (Lipinski definition) is 2. The molecule has 1 saturated heterocycles. The molecule has 1 aliphatic carbocycles. The minimum Gasteiger partial charge on any atom is -0.384 e. The summed E-state index contributed by atoms with van der Waals surface area (Å²) < 4.78 is 26.0. The molecule has 1 aromatic rings. The summed E-state index contributed by atoms with van der Waals surface area (Å²) in [4.78, 5) is 15.6. The van der Waals surface area contributed by atoms with Crippen molar-refractivity contribution in [3.8, 4) is 0 Å². The van der Waals surface area contributed by atoms with Crippen molar-refractivity contribution in [2.75, 3.05) is 38.2 Å². The Morgan fingerprint density at radius 1 is 1.23 bits per heavy atom. The maximum atomic E-state index is 13.2. The fourth-order valence-corrected chi connectivity index (χ4v) is 6.04. The zero-order valence-electron chi connectivity index (χ0n) is 17.4. The van der Waals surface area contributed by atoms with E-state index in [0.29, 0.717) is 17.1 Å². The number of pyridine rings is 1. The van der Waals surface area contributed by atoms with Crippen LogP contribution >= 0.6 is 0 Å². The van der Waals surface area contributed by atoms with Crippen molar-refractivity contribution in [3.05, 3.63) is 57.2 Å². The van der Waals surface area contributed by atoms with Gasteiger partial charge in [-0.2, -0.15) is 0 Å². The highest BCUT2D eigenvalue weighted by Gasteiger charge is 2.38. The molecule has 8 heteroatoms. The lowest BCUT2D eigenvalue weighted by Gasteiger charge is -2.33. The zero-order chi connectivity index (χ0) is 21.0. The zero-order valence-corrected chi connectivity index (χ0v) is 18.3. The van der Waals surface area contributed by atoms with Gasteiger partial charge in [-0.15, -0.1) is 0 Å². The van der Waals surface area contributed by atoms with Crippen LogP contribution in [0.2, 0.25) is 0 Å². The normalized spacial score (nSPS) is 25.3. The van der Waals surface area contributed by atoms with Crippen molar-refractivity contribution in [2.24, 2.45) is 13.0 Å². The molecule has 7 nitrogen and oxygen atoms in total. The molecular formula is C22H28N4O3S. The minimum atomic E-state index is -3.25. The molecule has 1 fully saturated rings. The van der Waals surface area contributed by atoms with Gasteiger partial charge in [-0.1, -0.05) is 0 Å². The van der Waals surface area contributed by atoms with Gasteiger partial charge in [0.15, 0.2) is 9.84 Å². The van der Waals surface area contributed by atoms with Crippen LogP contribution in [0.15, 0.2) is 40.5 Å². The van der Waals surface area contributed by atoms with Crippen molar-refractivity contribution in [3.63, 3.8) is 0 Å². The number of hydrogen-bond acceptors (Lipinski definition) is 6. The number of aryl methyl sites for hydroxylation is 1. The molecule has 2 atom stereocenters. The Balaban J connectivity index is 1.69. The molecule has 0 spiro atoms. The number of allylic oxidation sites excluding steroid dienone is 1.